The number of hydrogen-bond acceptors (Lipinski definition) is 3. The molecule has 1 rings (SSSR count). The Bertz CT molecular complexity index is 257. The van der Waals surface area contributed by atoms with Crippen LogP contribution < -0.4 is 0 Å². The van der Waals surface area contributed by atoms with Crippen LogP contribution in [0.15, 0.2) is 23.4 Å². The fourth-order valence-corrected chi connectivity index (χ4v) is 1.78. The van der Waals surface area contributed by atoms with Crippen molar-refractivity contribution < 1.29 is 5.11 Å². The second-order valence-electron chi connectivity index (χ2n) is 2.42. The van der Waals surface area contributed by atoms with Gasteiger partial charge in [-0.2, -0.15) is 0 Å². The number of aliphatic hydroxyl groups excluding tert-OH is 1. The summed E-state index contributed by atoms with van der Waals surface area (Å²) in [6.07, 6.45) is 3.30. The molecule has 0 aromatic carbocycles. The molecule has 0 saturated carbocycles. The second-order valence-corrected chi connectivity index (χ2v) is 4.30. The van der Waals surface area contributed by atoms with E-state index in [-0.39, 0.29) is 11.9 Å². The van der Waals surface area contributed by atoms with E-state index in [9.17, 15) is 0 Å². The fourth-order valence-electron chi connectivity index (χ4n) is 0.712. The summed E-state index contributed by atoms with van der Waals surface area (Å²) in [7, 11) is 0. The molecule has 66 valence electrons. The summed E-state index contributed by atoms with van der Waals surface area (Å²) < 4.78 is 0. The van der Waals surface area contributed by atoms with Gasteiger partial charge in [-0.05, 0) is 6.07 Å². The minimum absolute atomic E-state index is 0.156. The lowest BCUT2D eigenvalue weighted by atomic mass is 10.5. The zero-order valence-electron chi connectivity index (χ0n) is 6.70. The Kier molecular flexibility index (Phi) is 3.85. The molecule has 1 aromatic heterocycles. The molecule has 1 heterocycles. The van der Waals surface area contributed by atoms with Gasteiger partial charge in [0.1, 0.15) is 0 Å². The highest BCUT2D eigenvalue weighted by Crippen LogP contribution is 2.28. The highest BCUT2D eigenvalue weighted by Gasteiger charge is 2.05. The van der Waals surface area contributed by atoms with Crippen LogP contribution in [0.3, 0.4) is 0 Å². The van der Waals surface area contributed by atoms with Crippen molar-refractivity contribution in [2.24, 2.45) is 0 Å². The maximum atomic E-state index is 8.81. The summed E-state index contributed by atoms with van der Waals surface area (Å²) in [5.74, 6) is 0. The van der Waals surface area contributed by atoms with E-state index in [1.54, 1.807) is 24.2 Å². The van der Waals surface area contributed by atoms with E-state index in [0.29, 0.717) is 5.02 Å². The molecule has 0 fully saturated rings. The van der Waals surface area contributed by atoms with E-state index in [1.807, 2.05) is 13.0 Å². The first-order valence-electron chi connectivity index (χ1n) is 3.61. The van der Waals surface area contributed by atoms with Crippen LogP contribution in [-0.4, -0.2) is 21.9 Å². The first-order valence-corrected chi connectivity index (χ1v) is 4.87. The van der Waals surface area contributed by atoms with Gasteiger partial charge in [-0.15, -0.1) is 11.8 Å². The highest BCUT2D eigenvalue weighted by molar-refractivity contribution is 8.00. The highest BCUT2D eigenvalue weighted by atomic mass is 35.5. The largest absolute Gasteiger partial charge is 0.395 e. The van der Waals surface area contributed by atoms with Crippen LogP contribution in [0.4, 0.5) is 0 Å². The standard InChI is InChI=1S/C8H10ClNOS/c1-6(5-11)12-8-2-3-10-4-7(8)9/h2-4,6,11H,5H2,1H3. The molecule has 1 atom stereocenters. The Hall–Kier alpha value is -0.250. The predicted molar refractivity (Wildman–Crippen MR) is 51.7 cm³/mol. The Morgan fingerprint density at radius 2 is 2.50 bits per heavy atom. The van der Waals surface area contributed by atoms with Gasteiger partial charge in [0, 0.05) is 22.5 Å². The lowest BCUT2D eigenvalue weighted by molar-refractivity contribution is 0.300. The predicted octanol–water partition coefficient (Wildman–Crippen LogP) is 2.21. The molecule has 0 radical (unpaired) electrons. The van der Waals surface area contributed by atoms with Gasteiger partial charge in [-0.25, -0.2) is 0 Å². The number of aliphatic hydroxyl groups is 1. The molecule has 12 heavy (non-hydrogen) atoms. The fraction of sp³-hybridized carbons (Fsp3) is 0.375. The number of nitrogens with zero attached hydrogens (tertiary/aromatic N) is 1. The van der Waals surface area contributed by atoms with Crippen LogP contribution in [0.1, 0.15) is 6.92 Å². The van der Waals surface area contributed by atoms with E-state index in [0.717, 1.165) is 4.90 Å². The van der Waals surface area contributed by atoms with E-state index in [2.05, 4.69) is 4.98 Å². The van der Waals surface area contributed by atoms with Gasteiger partial charge in [0.25, 0.3) is 0 Å². The van der Waals surface area contributed by atoms with Crippen molar-refractivity contribution in [2.45, 2.75) is 17.1 Å². The molecule has 2 nitrogen and oxygen atoms in total. The molecule has 0 aliphatic carbocycles. The molecule has 1 N–H and O–H groups in total. The Morgan fingerprint density at radius 3 is 3.08 bits per heavy atom. The van der Waals surface area contributed by atoms with E-state index in [1.165, 1.54) is 0 Å². The number of thioether (sulfide) groups is 1. The first-order chi connectivity index (χ1) is 5.74. The topological polar surface area (TPSA) is 33.1 Å². The van der Waals surface area contributed by atoms with Crippen LogP contribution in [0.2, 0.25) is 5.02 Å². The van der Waals surface area contributed by atoms with E-state index >= 15 is 0 Å². The van der Waals surface area contributed by atoms with Gasteiger partial charge in [0.2, 0.25) is 0 Å². The van der Waals surface area contributed by atoms with Crippen LogP contribution in [-0.2, 0) is 0 Å². The molecule has 0 bridgehead atoms. The van der Waals surface area contributed by atoms with Crippen LogP contribution >= 0.6 is 23.4 Å². The average molecular weight is 204 g/mol. The zero-order chi connectivity index (χ0) is 8.97. The molecule has 1 aromatic rings. The van der Waals surface area contributed by atoms with Gasteiger partial charge < -0.3 is 5.11 Å². The summed E-state index contributed by atoms with van der Waals surface area (Å²) in [5.41, 5.74) is 0. The summed E-state index contributed by atoms with van der Waals surface area (Å²) in [4.78, 5) is 4.84. The summed E-state index contributed by atoms with van der Waals surface area (Å²) in [5, 5.41) is 9.62. The number of aromatic nitrogens is 1. The molecule has 0 aliphatic heterocycles. The maximum absolute atomic E-state index is 8.81. The Morgan fingerprint density at radius 1 is 1.75 bits per heavy atom. The van der Waals surface area contributed by atoms with Crippen molar-refractivity contribution in [3.63, 3.8) is 0 Å². The molecule has 1 unspecified atom stereocenters. The van der Waals surface area contributed by atoms with Gasteiger partial charge in [-0.3, -0.25) is 4.98 Å². The normalized spacial score (nSPS) is 12.9. The molecule has 0 spiro atoms. The number of halogens is 1. The van der Waals surface area contributed by atoms with Gasteiger partial charge >= 0.3 is 0 Å². The third-order valence-electron chi connectivity index (χ3n) is 1.32. The maximum Gasteiger partial charge on any atom is 0.0725 e. The number of hydrogen-bond donors (Lipinski definition) is 1. The van der Waals surface area contributed by atoms with Crippen molar-refractivity contribution in [3.8, 4) is 0 Å². The van der Waals surface area contributed by atoms with Crippen LogP contribution in [0, 0.1) is 0 Å². The summed E-state index contributed by atoms with van der Waals surface area (Å²) >= 11 is 7.41. The number of rotatable bonds is 3. The summed E-state index contributed by atoms with van der Waals surface area (Å²) in [6.45, 7) is 2.10. The zero-order valence-corrected chi connectivity index (χ0v) is 8.27. The quantitative estimate of drug-likeness (QED) is 0.765. The molecule has 0 amide bonds. The lowest BCUT2D eigenvalue weighted by Crippen LogP contribution is -2.01. The van der Waals surface area contributed by atoms with Crippen molar-refractivity contribution in [3.05, 3.63) is 23.5 Å². The van der Waals surface area contributed by atoms with Crippen molar-refractivity contribution in [1.82, 2.24) is 4.98 Å². The van der Waals surface area contributed by atoms with Gasteiger partial charge in [0.05, 0.1) is 11.6 Å². The van der Waals surface area contributed by atoms with Crippen molar-refractivity contribution in [1.29, 1.82) is 0 Å². The van der Waals surface area contributed by atoms with Gasteiger partial charge in [-0.1, -0.05) is 18.5 Å². The van der Waals surface area contributed by atoms with E-state index in [4.69, 9.17) is 16.7 Å². The molecular formula is C8H10ClNOS. The number of pyridine rings is 1. The SMILES string of the molecule is CC(CO)Sc1ccncc1Cl. The second kappa shape index (κ2) is 4.70. The molecular weight excluding hydrogens is 194 g/mol. The lowest BCUT2D eigenvalue weighted by Gasteiger charge is -2.07. The minimum atomic E-state index is 0.156. The van der Waals surface area contributed by atoms with Crippen LogP contribution in [0.25, 0.3) is 0 Å². The summed E-state index contributed by atoms with van der Waals surface area (Å²) in [6, 6.07) is 1.85. The monoisotopic (exact) mass is 203 g/mol. The average Bonchev–Trinajstić information content (AvgIpc) is 2.09. The molecule has 4 heteroatoms. The molecule has 0 saturated heterocycles. The van der Waals surface area contributed by atoms with Crippen molar-refractivity contribution >= 4 is 23.4 Å². The molecule has 0 aliphatic rings. The minimum Gasteiger partial charge on any atom is -0.395 e. The first kappa shape index (κ1) is 9.84. The smallest absolute Gasteiger partial charge is 0.0725 e. The van der Waals surface area contributed by atoms with Gasteiger partial charge in [0.15, 0.2) is 0 Å². The van der Waals surface area contributed by atoms with Crippen LogP contribution in [0.5, 0.6) is 0 Å². The Labute approximate surface area is 81.0 Å². The Balaban J connectivity index is 2.69. The third-order valence-corrected chi connectivity index (χ3v) is 2.90. The third kappa shape index (κ3) is 2.66. The van der Waals surface area contributed by atoms with E-state index < -0.39 is 0 Å². The van der Waals surface area contributed by atoms with Crippen molar-refractivity contribution in [2.75, 3.05) is 6.61 Å².